The van der Waals surface area contributed by atoms with Gasteiger partial charge in [0, 0.05) is 28.6 Å². The molecule has 0 aliphatic carbocycles. The van der Waals surface area contributed by atoms with Crippen LogP contribution in [0.5, 0.6) is 0 Å². The number of H-pyrrole nitrogens is 1. The number of benzene rings is 1. The smallest absolute Gasteiger partial charge is 0.170 e. The maximum atomic E-state index is 12.5. The average molecular weight is 254 g/mol. The first kappa shape index (κ1) is 11.9. The molecule has 1 saturated heterocycles. The number of carbonyl (C=O) groups is 1. The highest BCUT2D eigenvalue weighted by atomic mass is 16.5. The van der Waals surface area contributed by atoms with Crippen molar-refractivity contribution in [3.8, 4) is 6.07 Å². The second kappa shape index (κ2) is 4.52. The highest BCUT2D eigenvalue weighted by Crippen LogP contribution is 2.27. The summed E-state index contributed by atoms with van der Waals surface area (Å²) in [6.07, 6.45) is 2.67. The summed E-state index contributed by atoms with van der Waals surface area (Å²) in [5.41, 5.74) is 2.11. The summed E-state index contributed by atoms with van der Waals surface area (Å²) in [5.74, 6) is 0.0740. The number of hydrogen-bond acceptors (Lipinski definition) is 3. The molecule has 1 aromatic carbocycles. The van der Waals surface area contributed by atoms with E-state index in [1.54, 1.807) is 18.3 Å². The van der Waals surface area contributed by atoms with Crippen molar-refractivity contribution in [1.29, 1.82) is 5.26 Å². The molecule has 1 aliphatic rings. The molecule has 1 aliphatic heterocycles. The van der Waals surface area contributed by atoms with Crippen molar-refractivity contribution in [2.24, 2.45) is 5.92 Å². The van der Waals surface area contributed by atoms with Crippen molar-refractivity contribution in [1.82, 2.24) is 4.98 Å². The predicted octanol–water partition coefficient (Wildman–Crippen LogP) is 2.65. The molecule has 0 bridgehead atoms. The van der Waals surface area contributed by atoms with Crippen molar-refractivity contribution in [3.63, 3.8) is 0 Å². The Hall–Kier alpha value is -2.12. The number of nitrogens with zero attached hydrogens (tertiary/aromatic N) is 1. The Kier molecular flexibility index (Phi) is 2.84. The van der Waals surface area contributed by atoms with Crippen LogP contribution < -0.4 is 0 Å². The summed E-state index contributed by atoms with van der Waals surface area (Å²) in [6, 6.07) is 7.42. The van der Waals surface area contributed by atoms with Crippen LogP contribution in [0, 0.1) is 17.2 Å². The quantitative estimate of drug-likeness (QED) is 0.838. The maximum absolute atomic E-state index is 12.5. The van der Waals surface area contributed by atoms with Gasteiger partial charge in [0.25, 0.3) is 0 Å². The predicted molar refractivity (Wildman–Crippen MR) is 70.9 cm³/mol. The second-order valence-electron chi connectivity index (χ2n) is 5.02. The minimum atomic E-state index is -0.0513. The molecule has 2 aromatic rings. The van der Waals surface area contributed by atoms with E-state index < -0.39 is 0 Å². The SMILES string of the molecule is CC1CC(C(=O)c2c[nH]c3cc(C#N)ccc23)CO1. The van der Waals surface area contributed by atoms with Gasteiger partial charge < -0.3 is 9.72 Å². The van der Waals surface area contributed by atoms with Crippen LogP contribution in [0.3, 0.4) is 0 Å². The first-order valence-electron chi connectivity index (χ1n) is 6.36. The van der Waals surface area contributed by atoms with Crippen LogP contribution >= 0.6 is 0 Å². The van der Waals surface area contributed by atoms with Crippen molar-refractivity contribution in [2.45, 2.75) is 19.4 Å². The fraction of sp³-hybridized carbons (Fsp3) is 0.333. The van der Waals surface area contributed by atoms with Gasteiger partial charge in [0.15, 0.2) is 5.78 Å². The second-order valence-corrected chi connectivity index (χ2v) is 5.02. The number of ether oxygens (including phenoxy) is 1. The first-order chi connectivity index (χ1) is 9.19. The van der Waals surface area contributed by atoms with E-state index in [1.807, 2.05) is 13.0 Å². The highest BCUT2D eigenvalue weighted by Gasteiger charge is 2.30. The van der Waals surface area contributed by atoms with Gasteiger partial charge >= 0.3 is 0 Å². The summed E-state index contributed by atoms with van der Waals surface area (Å²) in [4.78, 5) is 15.5. The third-order valence-corrected chi connectivity index (χ3v) is 3.65. The van der Waals surface area contributed by atoms with Gasteiger partial charge in [-0.1, -0.05) is 6.07 Å². The van der Waals surface area contributed by atoms with Crippen molar-refractivity contribution in [2.75, 3.05) is 6.61 Å². The van der Waals surface area contributed by atoms with Gasteiger partial charge in [0.05, 0.1) is 24.3 Å². The number of fused-ring (bicyclic) bond motifs is 1. The maximum Gasteiger partial charge on any atom is 0.170 e. The number of aromatic nitrogens is 1. The van der Waals surface area contributed by atoms with Gasteiger partial charge in [-0.3, -0.25) is 4.79 Å². The van der Waals surface area contributed by atoms with Crippen LogP contribution in [0.2, 0.25) is 0 Å². The first-order valence-corrected chi connectivity index (χ1v) is 6.36. The molecule has 0 spiro atoms. The molecule has 2 heterocycles. The number of rotatable bonds is 2. The molecule has 19 heavy (non-hydrogen) atoms. The summed E-state index contributed by atoms with van der Waals surface area (Å²) in [6.45, 7) is 2.49. The lowest BCUT2D eigenvalue weighted by molar-refractivity contribution is 0.0879. The molecular formula is C15H14N2O2. The van der Waals surface area contributed by atoms with Crippen LogP contribution in [0.25, 0.3) is 10.9 Å². The van der Waals surface area contributed by atoms with E-state index in [9.17, 15) is 4.79 Å². The standard InChI is InChI=1S/C15H14N2O2/c1-9-4-11(8-19-9)15(18)13-7-17-14-5-10(6-16)2-3-12(13)14/h2-3,5,7,9,11,17H,4,8H2,1H3. The molecule has 4 nitrogen and oxygen atoms in total. The molecule has 96 valence electrons. The number of nitrogens with one attached hydrogen (secondary N) is 1. The fourth-order valence-corrected chi connectivity index (χ4v) is 2.62. The molecule has 0 saturated carbocycles. The summed E-state index contributed by atoms with van der Waals surface area (Å²) >= 11 is 0. The molecule has 1 fully saturated rings. The van der Waals surface area contributed by atoms with Crippen LogP contribution in [0.1, 0.15) is 29.3 Å². The third kappa shape index (κ3) is 2.02. The molecule has 0 radical (unpaired) electrons. The topological polar surface area (TPSA) is 65.9 Å². The Balaban J connectivity index is 1.97. The summed E-state index contributed by atoms with van der Waals surface area (Å²) in [7, 11) is 0. The lowest BCUT2D eigenvalue weighted by atomic mass is 9.95. The largest absolute Gasteiger partial charge is 0.378 e. The van der Waals surface area contributed by atoms with E-state index in [0.717, 1.165) is 17.3 Å². The van der Waals surface area contributed by atoms with Crippen molar-refractivity contribution < 1.29 is 9.53 Å². The Morgan fingerprint density at radius 1 is 1.53 bits per heavy atom. The summed E-state index contributed by atoms with van der Waals surface area (Å²) in [5, 5.41) is 9.75. The van der Waals surface area contributed by atoms with E-state index in [1.165, 1.54) is 0 Å². The van der Waals surface area contributed by atoms with E-state index >= 15 is 0 Å². The number of ketones is 1. The zero-order valence-corrected chi connectivity index (χ0v) is 10.6. The van der Waals surface area contributed by atoms with Gasteiger partial charge in [-0.15, -0.1) is 0 Å². The Morgan fingerprint density at radius 2 is 2.37 bits per heavy atom. The highest BCUT2D eigenvalue weighted by molar-refractivity contribution is 6.09. The molecule has 1 N–H and O–H groups in total. The zero-order chi connectivity index (χ0) is 13.4. The van der Waals surface area contributed by atoms with E-state index in [0.29, 0.717) is 17.7 Å². The molecular weight excluding hydrogens is 240 g/mol. The number of Topliss-reactive ketones (excluding diaryl/α,β-unsaturated/α-hetero) is 1. The Morgan fingerprint density at radius 3 is 3.05 bits per heavy atom. The van der Waals surface area contributed by atoms with Crippen LogP contribution in [0.15, 0.2) is 24.4 Å². The van der Waals surface area contributed by atoms with Crippen LogP contribution in [0.4, 0.5) is 0 Å². The lowest BCUT2D eigenvalue weighted by Gasteiger charge is -2.05. The van der Waals surface area contributed by atoms with Gasteiger partial charge in [-0.2, -0.15) is 5.26 Å². The van der Waals surface area contributed by atoms with E-state index in [2.05, 4.69) is 11.1 Å². The van der Waals surface area contributed by atoms with Crippen LogP contribution in [-0.4, -0.2) is 23.5 Å². The van der Waals surface area contributed by atoms with Crippen molar-refractivity contribution >= 4 is 16.7 Å². The molecule has 1 aromatic heterocycles. The van der Waals surface area contributed by atoms with E-state index in [4.69, 9.17) is 10.00 Å². The molecule has 3 rings (SSSR count). The average Bonchev–Trinajstić information content (AvgIpc) is 3.03. The Bertz CT molecular complexity index is 681. The number of aromatic amines is 1. The summed E-state index contributed by atoms with van der Waals surface area (Å²) < 4.78 is 5.46. The lowest BCUT2D eigenvalue weighted by Crippen LogP contribution is -2.14. The third-order valence-electron chi connectivity index (χ3n) is 3.65. The molecule has 4 heteroatoms. The van der Waals surface area contributed by atoms with E-state index in [-0.39, 0.29) is 17.8 Å². The number of hydrogen-bond donors (Lipinski definition) is 1. The van der Waals surface area contributed by atoms with Crippen LogP contribution in [-0.2, 0) is 4.74 Å². The van der Waals surface area contributed by atoms with Gasteiger partial charge in [0.1, 0.15) is 0 Å². The zero-order valence-electron chi connectivity index (χ0n) is 10.6. The number of carbonyl (C=O) groups excluding carboxylic acids is 1. The van der Waals surface area contributed by atoms with Gasteiger partial charge in [-0.25, -0.2) is 0 Å². The van der Waals surface area contributed by atoms with Gasteiger partial charge in [0.2, 0.25) is 0 Å². The Labute approximate surface area is 111 Å². The monoisotopic (exact) mass is 254 g/mol. The van der Waals surface area contributed by atoms with Gasteiger partial charge in [-0.05, 0) is 25.5 Å². The normalized spacial score (nSPS) is 22.5. The minimum absolute atomic E-state index is 0.0513. The number of nitriles is 1. The molecule has 0 amide bonds. The molecule has 2 unspecified atom stereocenters. The minimum Gasteiger partial charge on any atom is -0.378 e. The fourth-order valence-electron chi connectivity index (χ4n) is 2.62. The molecule has 2 atom stereocenters. The van der Waals surface area contributed by atoms with Crippen molar-refractivity contribution in [3.05, 3.63) is 35.5 Å².